The SMILES string of the molecule is C.C.C.C.C.C#CC#C[C@]12CCC(=O)C=C1[C@@]1(C)CCC(=O)C(C)(C)[C@@H]1CC2.C#CC#C[C@]12CCCC=C1[C@@]1(C)CCC(=O)C(C)(C)[C@@H]1CC2.C#C[C@]12CCCC=C1[C@@]1(C)CCC3(OCCO3)C(C)(C)[C@@H]1CC2.CC1(C)C(=O)CC[C@]2(C)C3=CCCC[C@]3(C#CC=CCl)CC[C@@H]12.CC1(C)[C@@H]2CC[C@@]3(C#CC=O)CCCC=C3[C@@]2(C)CCC12OCCO2.I.[C-]#[N+]C1=C[C@]2(C)C3=CC(=O)C(C#N)=C[C@]3(C#CC#C)CC[C@H]2C(C)(C)C1=O. The van der Waals surface area contributed by atoms with Gasteiger partial charge in [0.1, 0.15) is 23.4 Å². The summed E-state index contributed by atoms with van der Waals surface area (Å²) in [6.45, 7) is 50.1. The first kappa shape index (κ1) is 124. The molecule has 13 nitrogen and oxygen atoms in total. The molecule has 20 rings (SSSR count). The van der Waals surface area contributed by atoms with E-state index in [2.05, 4.69) is 216 Å². The molecule has 0 radical (unpaired) electrons. The van der Waals surface area contributed by atoms with Gasteiger partial charge < -0.3 is 23.7 Å². The summed E-state index contributed by atoms with van der Waals surface area (Å²) in [5, 5.41) is 9.33. The third-order valence-electron chi connectivity index (χ3n) is 42.2. The molecule has 15 heteroatoms. The number of nitrogens with zero attached hydrogens (tertiary/aromatic N) is 2. The summed E-state index contributed by atoms with van der Waals surface area (Å²) in [6.07, 6.45) is 77.4. The molecular weight excluding hydrogens is 1980 g/mol. The fourth-order valence-corrected chi connectivity index (χ4v) is 35.1. The van der Waals surface area contributed by atoms with Crippen molar-refractivity contribution in [2.24, 2.45) is 133 Å². The number of fused-ring (bicyclic) bond motifs is 18. The Bertz CT molecular complexity index is 6180. The number of hydrogen-bond donors (Lipinski definition) is 0. The minimum atomic E-state index is -0.837. The Morgan fingerprint density at radius 3 is 1.14 bits per heavy atom. The second kappa shape index (κ2) is 45.3. The molecule has 0 aromatic heterocycles. The quantitative estimate of drug-likeness (QED) is 0.0736. The van der Waals surface area contributed by atoms with Crippen LogP contribution in [0.5, 0.6) is 0 Å². The molecule has 0 amide bonds. The van der Waals surface area contributed by atoms with Crippen LogP contribution in [0.1, 0.15) is 393 Å². The Balaban J connectivity index is 0.000000197. The number of halogens is 2. The summed E-state index contributed by atoms with van der Waals surface area (Å²) in [6, 6.07) is 1.95. The molecule has 802 valence electrons. The number of carbonyl (C=O) groups is 7. The van der Waals surface area contributed by atoms with Crippen LogP contribution in [0.4, 0.5) is 0 Å². The van der Waals surface area contributed by atoms with Crippen LogP contribution in [0.25, 0.3) is 4.85 Å². The smallest absolute Gasteiger partial charge is 0.226 e. The highest BCUT2D eigenvalue weighted by atomic mass is 127. The van der Waals surface area contributed by atoms with Gasteiger partial charge in [-0.2, -0.15) is 5.26 Å². The molecule has 149 heavy (non-hydrogen) atoms. The van der Waals surface area contributed by atoms with E-state index in [1.165, 1.54) is 73.3 Å². The predicted octanol–water partition coefficient (Wildman–Crippen LogP) is 30.0. The van der Waals surface area contributed by atoms with Crippen molar-refractivity contribution >= 4 is 76.6 Å². The highest BCUT2D eigenvalue weighted by Gasteiger charge is 2.71. The van der Waals surface area contributed by atoms with Crippen LogP contribution in [0.2, 0.25) is 0 Å². The summed E-state index contributed by atoms with van der Waals surface area (Å²) in [5.41, 5.74) is 6.70. The van der Waals surface area contributed by atoms with Gasteiger partial charge in [0.05, 0.1) is 71.1 Å². The number of Topliss-reactive ketones (excluding diaryl/α,β-unsaturated/α-hetero) is 4. The molecule has 0 aromatic carbocycles. The molecule has 0 bridgehead atoms. The Kier molecular flexibility index (Phi) is 37.6. The second-order valence-corrected chi connectivity index (χ2v) is 51.0. The third kappa shape index (κ3) is 20.2. The lowest BCUT2D eigenvalue weighted by molar-refractivity contribution is -0.284. The van der Waals surface area contributed by atoms with Crippen LogP contribution in [-0.4, -0.2) is 79.0 Å². The molecule has 2 heterocycles. The number of carbonyl (C=O) groups excluding carboxylic acids is 7. The predicted molar refractivity (Wildman–Crippen MR) is 614 cm³/mol. The Hall–Kier alpha value is -8.77. The first-order valence-electron chi connectivity index (χ1n) is 53.9. The monoisotopic (exact) mass is 2150 g/mol. The number of terminal acetylenes is 4. The summed E-state index contributed by atoms with van der Waals surface area (Å²) < 4.78 is 24.8. The number of ketones is 6. The van der Waals surface area contributed by atoms with Gasteiger partial charge in [0.15, 0.2) is 35.2 Å². The minimum Gasteiger partial charge on any atom is -0.347 e. The van der Waals surface area contributed by atoms with Crippen LogP contribution in [-0.2, 0) is 52.5 Å². The van der Waals surface area contributed by atoms with Crippen molar-refractivity contribution in [3.8, 4) is 115 Å². The van der Waals surface area contributed by atoms with E-state index in [-0.39, 0.29) is 189 Å². The lowest BCUT2D eigenvalue weighted by Gasteiger charge is -2.64. The van der Waals surface area contributed by atoms with E-state index >= 15 is 0 Å². The molecule has 2 saturated heterocycles. The molecule has 0 unspecified atom stereocenters. The maximum absolute atomic E-state index is 12.8. The first-order chi connectivity index (χ1) is 67.5. The van der Waals surface area contributed by atoms with Crippen molar-refractivity contribution in [3.63, 3.8) is 0 Å². The maximum Gasteiger partial charge on any atom is 0.226 e. The van der Waals surface area contributed by atoms with Crippen LogP contribution in [0.3, 0.4) is 0 Å². The van der Waals surface area contributed by atoms with Crippen molar-refractivity contribution in [1.82, 2.24) is 0 Å². The van der Waals surface area contributed by atoms with Gasteiger partial charge in [-0.25, -0.2) is 4.85 Å². The normalized spacial score (nSPS) is 37.5. The van der Waals surface area contributed by atoms with Gasteiger partial charge in [-0.05, 0) is 354 Å². The van der Waals surface area contributed by atoms with Gasteiger partial charge in [-0.3, -0.25) is 28.8 Å². The van der Waals surface area contributed by atoms with E-state index < -0.39 is 22.0 Å². The fourth-order valence-electron chi connectivity index (χ4n) is 35.1. The van der Waals surface area contributed by atoms with Gasteiger partial charge in [0, 0.05) is 82.0 Å². The summed E-state index contributed by atoms with van der Waals surface area (Å²) in [4.78, 5) is 89.2. The van der Waals surface area contributed by atoms with Gasteiger partial charge in [0.2, 0.25) is 5.70 Å². The standard InChI is InChI=1S/C23H18N2O2.C22H30O3.C21H27ClO.C21H30O2.C21H24O2.C21H26O.5CH4.HI/c1-6-7-9-23-10-8-18-21(2,3)20(27)16(25-5)13-22(18,4)19(23)11-17(26)15(12-23)14-24;1-19(2)17-8-11-21(10-6-14-23)9-5-4-7-18(21)20(17,3)12-13-22(19)24-15-16-25-22;1-19(2)16-9-14-21(12-6-7-15-22)11-5-4-8-17(21)20(16,3)13-10-18(19)23;1-5-20-10-7-6-8-17(20)19(4)12-13-21(22-14-15-23-21)18(2,3)16(19)9-11-20;1-5-6-10-21-12-7-15(22)14-17(21)20(4)11-9-18(23)19(2,3)16(20)8-13-21;1-5-6-12-21-13-8-7-9-17(21)20(4)14-11-18(22)19(2,3)16(20)10-15-21;;;;;;/h1,11-13,18H,8,10H2,2-4H3;7,14,17H,4-5,8-9,11-13,15-16H2,1-3H3;7-8,15-16H,4-5,9-11,13-14H2,1-3H3;1,8,16H,6-7,9-15H2,2-4H3;1,14,16H,7-9,11-13H2,2-4H3;1,9,16H,7-8,10-11,13-15H2,2-4H3;5*1H4;1H/t18-,22-,23-;17-,20-,21-;16-,20-,21-;16-,19-,20+;2*16-,20-,21+;;;;;;/m000000....../s1. The van der Waals surface area contributed by atoms with Gasteiger partial charge in [-0.15, -0.1) is 49.7 Å². The average Bonchev–Trinajstić information content (AvgIpc) is 1.36. The highest BCUT2D eigenvalue weighted by molar-refractivity contribution is 14.0. The zero-order valence-electron chi connectivity index (χ0n) is 89.6. The number of allylic oxidation sites excluding steroid dienone is 17. The van der Waals surface area contributed by atoms with Crippen molar-refractivity contribution in [3.05, 3.63) is 116 Å². The highest BCUT2D eigenvalue weighted by Crippen LogP contribution is 2.75. The van der Waals surface area contributed by atoms with Gasteiger partial charge in [0.25, 0.3) is 0 Å². The third-order valence-corrected chi connectivity index (χ3v) is 42.3. The number of aldehydes is 1. The van der Waals surface area contributed by atoms with E-state index in [1.54, 1.807) is 23.8 Å². The summed E-state index contributed by atoms with van der Waals surface area (Å²) >= 11 is 5.65. The Morgan fingerprint density at radius 2 is 0.752 bits per heavy atom. The molecular formula is C134H176ClIN2O11. The zero-order chi connectivity index (χ0) is 104. The molecule has 11 saturated carbocycles. The van der Waals surface area contributed by atoms with Crippen LogP contribution < -0.4 is 0 Å². The van der Waals surface area contributed by atoms with E-state index in [0.29, 0.717) is 92.8 Å². The van der Waals surface area contributed by atoms with Crippen LogP contribution in [0.15, 0.2) is 105 Å². The summed E-state index contributed by atoms with van der Waals surface area (Å²) in [7, 11) is 0. The molecule has 13 fully saturated rings. The maximum atomic E-state index is 12.8. The molecule has 2 aliphatic heterocycles. The fraction of sp³-hybridized carbons (Fsp3) is 0.664. The van der Waals surface area contributed by atoms with E-state index in [4.69, 9.17) is 62.8 Å². The van der Waals surface area contributed by atoms with Crippen molar-refractivity contribution in [2.45, 2.75) is 404 Å². The average molecular weight is 2150 g/mol. The second-order valence-electron chi connectivity index (χ2n) is 50.7. The lowest BCUT2D eigenvalue weighted by Crippen LogP contribution is -2.61. The number of ether oxygens (including phenoxy) is 4. The first-order valence-corrected chi connectivity index (χ1v) is 54.4. The van der Waals surface area contributed by atoms with E-state index in [1.807, 2.05) is 32.9 Å². The van der Waals surface area contributed by atoms with Gasteiger partial charge in [-0.1, -0.05) is 245 Å². The van der Waals surface area contributed by atoms with Crippen LogP contribution >= 0.6 is 35.6 Å². The molecule has 2 spiro atoms. The number of rotatable bonds is 0. The van der Waals surface area contributed by atoms with Gasteiger partial charge >= 0.3 is 0 Å². The summed E-state index contributed by atoms with van der Waals surface area (Å²) in [5.74, 6) is 43.9. The van der Waals surface area contributed by atoms with Crippen molar-refractivity contribution in [2.75, 3.05) is 26.4 Å². The molecule has 0 aromatic rings. The Morgan fingerprint density at radius 1 is 0.396 bits per heavy atom. The van der Waals surface area contributed by atoms with E-state index in [0.717, 1.165) is 178 Å². The zero-order valence-corrected chi connectivity index (χ0v) is 92.7. The largest absolute Gasteiger partial charge is 0.347 e. The molecule has 18 aliphatic carbocycles. The van der Waals surface area contributed by atoms with Crippen LogP contribution in [0, 0.1) is 259 Å². The van der Waals surface area contributed by atoms with Crippen molar-refractivity contribution in [1.29, 1.82) is 5.26 Å². The number of nitriles is 1. The molecule has 0 N–H and O–H groups in total. The van der Waals surface area contributed by atoms with E-state index in [9.17, 15) is 38.8 Å². The molecule has 18 atom stereocenters. The Labute approximate surface area is 922 Å². The minimum absolute atomic E-state index is 0. The van der Waals surface area contributed by atoms with Crippen molar-refractivity contribution < 1.29 is 52.5 Å². The lowest BCUT2D eigenvalue weighted by atomic mass is 9.43. The molecule has 20 aliphatic rings. The number of hydrogen-bond acceptors (Lipinski definition) is 12. The topological polar surface area (TPSA) is 185 Å².